The number of pyridine rings is 2. The quantitative estimate of drug-likeness (QED) is 0.713. The molecule has 33 heavy (non-hydrogen) atoms. The number of carbonyl (C=O) groups excluding carboxylic acids is 1. The van der Waals surface area contributed by atoms with Crippen LogP contribution in [0.25, 0.3) is 0 Å². The van der Waals surface area contributed by atoms with Gasteiger partial charge in [-0.3, -0.25) is 14.5 Å². The Hall–Kier alpha value is -2.88. The lowest BCUT2D eigenvalue weighted by molar-refractivity contribution is -0.127. The molecule has 1 unspecified atom stereocenters. The number of hydrogen-bond donors (Lipinski definition) is 2. The number of likely N-dealkylation sites (tertiary alicyclic amines) is 1. The first-order valence-electron chi connectivity index (χ1n) is 11.2. The molecule has 0 aliphatic carbocycles. The van der Waals surface area contributed by atoms with E-state index >= 15 is 0 Å². The maximum absolute atomic E-state index is 12.6. The van der Waals surface area contributed by atoms with Crippen LogP contribution in [0.5, 0.6) is 0 Å². The number of halogens is 3. The molecule has 0 bridgehead atoms. The Morgan fingerprint density at radius 2 is 1.91 bits per heavy atom. The third-order valence-electron chi connectivity index (χ3n) is 6.62. The molecule has 2 aromatic rings. The lowest BCUT2D eigenvalue weighted by Crippen LogP contribution is -2.44. The zero-order valence-electron chi connectivity index (χ0n) is 18.5. The zero-order chi connectivity index (χ0) is 23.6. The molecule has 0 radical (unpaired) electrons. The predicted octanol–water partition coefficient (Wildman–Crippen LogP) is 2.69. The van der Waals surface area contributed by atoms with Crippen LogP contribution in [0.3, 0.4) is 0 Å². The molecule has 2 aromatic heterocycles. The summed E-state index contributed by atoms with van der Waals surface area (Å²) in [5.41, 5.74) is 1.22. The fourth-order valence-corrected chi connectivity index (χ4v) is 4.81. The third kappa shape index (κ3) is 5.55. The van der Waals surface area contributed by atoms with E-state index in [1.54, 1.807) is 25.4 Å². The van der Waals surface area contributed by atoms with E-state index in [1.165, 1.54) is 6.07 Å². The second-order valence-electron chi connectivity index (χ2n) is 8.74. The van der Waals surface area contributed by atoms with Crippen LogP contribution in [0.2, 0.25) is 0 Å². The summed E-state index contributed by atoms with van der Waals surface area (Å²) in [5, 5.41) is 2.56. The van der Waals surface area contributed by atoms with Gasteiger partial charge in [0.15, 0.2) is 0 Å². The Kier molecular flexibility index (Phi) is 6.73. The molecular formula is C23H28F3N5O2. The van der Waals surface area contributed by atoms with Crippen molar-refractivity contribution in [1.29, 1.82) is 0 Å². The number of carbonyl (C=O) groups is 1. The Morgan fingerprint density at radius 1 is 1.15 bits per heavy atom. The smallest absolute Gasteiger partial charge is 0.370 e. The number of aromatic nitrogens is 2. The number of alkyl halides is 3. The monoisotopic (exact) mass is 463 g/mol. The summed E-state index contributed by atoms with van der Waals surface area (Å²) in [6.45, 7) is 3.47. The summed E-state index contributed by atoms with van der Waals surface area (Å²) in [6, 6.07) is 7.02. The minimum atomic E-state index is -4.39. The van der Waals surface area contributed by atoms with E-state index in [9.17, 15) is 22.8 Å². The second kappa shape index (κ2) is 9.54. The van der Waals surface area contributed by atoms with E-state index in [0.717, 1.165) is 51.1 Å². The highest BCUT2D eigenvalue weighted by Gasteiger charge is 2.33. The van der Waals surface area contributed by atoms with Crippen LogP contribution < -0.4 is 15.8 Å². The molecular weight excluding hydrogens is 435 g/mol. The first kappa shape index (κ1) is 23.3. The predicted molar refractivity (Wildman–Crippen MR) is 119 cm³/mol. The van der Waals surface area contributed by atoms with Crippen LogP contribution in [0, 0.1) is 0 Å². The molecule has 178 valence electrons. The first-order chi connectivity index (χ1) is 15.7. The number of rotatable bonds is 5. The summed E-state index contributed by atoms with van der Waals surface area (Å²) in [5.74, 6) is -0.0858. The van der Waals surface area contributed by atoms with Crippen LogP contribution in [-0.2, 0) is 6.42 Å². The average molecular weight is 464 g/mol. The van der Waals surface area contributed by atoms with Crippen molar-refractivity contribution < 1.29 is 18.0 Å². The van der Waals surface area contributed by atoms with Crippen molar-refractivity contribution in [3.63, 3.8) is 0 Å². The Bertz CT molecular complexity index is 1030. The SMILES string of the molecule is CNC(=O)c1ccc(N2CCC(N3CCC(c4ccc(CC(F)(F)F)c(=O)[nH]4)C3)CC2)cn1. The molecule has 4 rings (SSSR count). The van der Waals surface area contributed by atoms with Crippen molar-refractivity contribution in [2.45, 2.75) is 43.8 Å². The van der Waals surface area contributed by atoms with E-state index in [4.69, 9.17) is 0 Å². The highest BCUT2D eigenvalue weighted by molar-refractivity contribution is 5.92. The molecule has 2 aliphatic rings. The van der Waals surface area contributed by atoms with Crippen LogP contribution in [0.15, 0.2) is 35.3 Å². The Balaban J connectivity index is 1.31. The molecule has 4 heterocycles. The number of anilines is 1. The van der Waals surface area contributed by atoms with Gasteiger partial charge in [-0.05, 0) is 44.0 Å². The van der Waals surface area contributed by atoms with Gasteiger partial charge in [-0.15, -0.1) is 0 Å². The van der Waals surface area contributed by atoms with E-state index in [0.29, 0.717) is 17.4 Å². The highest BCUT2D eigenvalue weighted by Crippen LogP contribution is 2.31. The van der Waals surface area contributed by atoms with E-state index in [1.807, 2.05) is 6.07 Å². The number of amides is 1. The zero-order valence-corrected chi connectivity index (χ0v) is 18.5. The number of hydrogen-bond acceptors (Lipinski definition) is 5. The van der Waals surface area contributed by atoms with Gasteiger partial charge in [0.25, 0.3) is 11.5 Å². The highest BCUT2D eigenvalue weighted by atomic mass is 19.4. The molecule has 0 saturated carbocycles. The summed E-state index contributed by atoms with van der Waals surface area (Å²) in [4.78, 5) is 35.4. The van der Waals surface area contributed by atoms with Gasteiger partial charge in [-0.25, -0.2) is 4.98 Å². The van der Waals surface area contributed by atoms with Gasteiger partial charge in [0.05, 0.1) is 18.3 Å². The van der Waals surface area contributed by atoms with Crippen LogP contribution >= 0.6 is 0 Å². The molecule has 10 heteroatoms. The number of H-pyrrole nitrogens is 1. The van der Waals surface area contributed by atoms with Gasteiger partial charge in [-0.2, -0.15) is 13.2 Å². The van der Waals surface area contributed by atoms with Crippen molar-refractivity contribution >= 4 is 11.6 Å². The standard InChI is InChI=1S/C23H28F3N5O2/c1-27-22(33)20-5-3-18(13-28-20)30-10-7-17(8-11-30)31-9-6-16(14-31)19-4-2-15(21(32)29-19)12-23(24,25)26/h2-5,13,16-17H,6-12,14H2,1H3,(H,27,33)(H,29,32). The lowest BCUT2D eigenvalue weighted by atomic mass is 10.0. The molecule has 2 N–H and O–H groups in total. The number of nitrogens with one attached hydrogen (secondary N) is 2. The Morgan fingerprint density at radius 3 is 2.52 bits per heavy atom. The van der Waals surface area contributed by atoms with Gasteiger partial charge in [0.1, 0.15) is 5.69 Å². The molecule has 1 atom stereocenters. The fraction of sp³-hybridized carbons (Fsp3) is 0.522. The maximum atomic E-state index is 12.6. The summed E-state index contributed by atoms with van der Waals surface area (Å²) >= 11 is 0. The lowest BCUT2D eigenvalue weighted by Gasteiger charge is -2.37. The van der Waals surface area contributed by atoms with Crippen LogP contribution in [0.4, 0.5) is 18.9 Å². The minimum absolute atomic E-state index is 0.122. The molecule has 0 aromatic carbocycles. The summed E-state index contributed by atoms with van der Waals surface area (Å²) < 4.78 is 37.8. The van der Waals surface area contributed by atoms with Crippen molar-refractivity contribution in [3.8, 4) is 0 Å². The van der Waals surface area contributed by atoms with Crippen LogP contribution in [0.1, 0.15) is 46.9 Å². The molecule has 0 spiro atoms. The van der Waals surface area contributed by atoms with Crippen molar-refractivity contribution in [2.24, 2.45) is 0 Å². The van der Waals surface area contributed by atoms with Gasteiger partial charge >= 0.3 is 6.18 Å². The molecule has 1 amide bonds. The van der Waals surface area contributed by atoms with Gasteiger partial charge < -0.3 is 15.2 Å². The second-order valence-corrected chi connectivity index (χ2v) is 8.74. The topological polar surface area (TPSA) is 81.3 Å². The van der Waals surface area contributed by atoms with E-state index in [-0.39, 0.29) is 17.4 Å². The summed E-state index contributed by atoms with van der Waals surface area (Å²) in [6.07, 6.45) is -1.01. The molecule has 2 fully saturated rings. The molecule has 2 saturated heterocycles. The number of aromatic amines is 1. The normalized spacial score (nSPS) is 20.2. The number of nitrogens with zero attached hydrogens (tertiary/aromatic N) is 3. The molecule has 7 nitrogen and oxygen atoms in total. The fourth-order valence-electron chi connectivity index (χ4n) is 4.81. The summed E-state index contributed by atoms with van der Waals surface area (Å²) in [7, 11) is 1.58. The van der Waals surface area contributed by atoms with Gasteiger partial charge in [0, 0.05) is 49.9 Å². The van der Waals surface area contributed by atoms with Gasteiger partial charge in [-0.1, -0.05) is 6.07 Å². The minimum Gasteiger partial charge on any atom is -0.370 e. The maximum Gasteiger partial charge on any atom is 0.393 e. The van der Waals surface area contributed by atoms with Crippen molar-refractivity contribution in [1.82, 2.24) is 20.2 Å². The molecule has 2 aliphatic heterocycles. The Labute approximate surface area is 190 Å². The van der Waals surface area contributed by atoms with E-state index < -0.39 is 18.2 Å². The largest absolute Gasteiger partial charge is 0.393 e. The first-order valence-corrected chi connectivity index (χ1v) is 11.2. The number of piperidine rings is 1. The van der Waals surface area contributed by atoms with Crippen LogP contribution in [-0.4, -0.2) is 66.2 Å². The van der Waals surface area contributed by atoms with Crippen molar-refractivity contribution in [2.75, 3.05) is 38.1 Å². The van der Waals surface area contributed by atoms with E-state index in [2.05, 4.69) is 25.1 Å². The average Bonchev–Trinajstić information content (AvgIpc) is 3.30. The van der Waals surface area contributed by atoms with Crippen molar-refractivity contribution in [3.05, 3.63) is 57.8 Å². The van der Waals surface area contributed by atoms with Gasteiger partial charge in [0.2, 0.25) is 0 Å². The third-order valence-corrected chi connectivity index (χ3v) is 6.62.